The monoisotopic (exact) mass is 222 g/mol. The highest BCUT2D eigenvalue weighted by molar-refractivity contribution is 5.97. The third-order valence-electron chi connectivity index (χ3n) is 2.16. The van der Waals surface area contributed by atoms with E-state index in [1.165, 1.54) is 0 Å². The highest BCUT2D eigenvalue weighted by Gasteiger charge is 2.13. The number of benzene rings is 1. The van der Waals surface area contributed by atoms with E-state index in [0.29, 0.717) is 24.5 Å². The molecule has 0 aromatic heterocycles. The molecule has 0 aliphatic rings. The number of nitrogens with one attached hydrogen (secondary N) is 1. The summed E-state index contributed by atoms with van der Waals surface area (Å²) >= 11 is 0. The molecule has 0 saturated carbocycles. The summed E-state index contributed by atoms with van der Waals surface area (Å²) in [6.07, 6.45) is 0. The predicted octanol–water partition coefficient (Wildman–Crippen LogP) is 1.16. The number of hydrogen-bond donors (Lipinski definition) is 2. The van der Waals surface area contributed by atoms with Gasteiger partial charge in [0, 0.05) is 12.6 Å². The number of carbonyl (C=O) groups is 1. The molecular weight excluding hydrogens is 204 g/mol. The maximum atomic E-state index is 11.9. The summed E-state index contributed by atoms with van der Waals surface area (Å²) in [5.41, 5.74) is 6.00. The zero-order valence-electron chi connectivity index (χ0n) is 9.69. The first-order chi connectivity index (χ1) is 7.69. The molecule has 1 rings (SSSR count). The number of nitrogens with two attached hydrogens (primary N) is 1. The molecule has 88 valence electrons. The van der Waals surface area contributed by atoms with E-state index in [9.17, 15) is 4.79 Å². The predicted molar refractivity (Wildman–Crippen MR) is 63.6 cm³/mol. The van der Waals surface area contributed by atoms with E-state index < -0.39 is 0 Å². The number of rotatable bonds is 5. The highest BCUT2D eigenvalue weighted by Crippen LogP contribution is 2.17. The van der Waals surface area contributed by atoms with Gasteiger partial charge in [-0.05, 0) is 26.0 Å². The minimum Gasteiger partial charge on any atom is -0.493 e. The van der Waals surface area contributed by atoms with Crippen LogP contribution in [0.4, 0.5) is 0 Å². The molecular formula is C12H18N2O2. The van der Waals surface area contributed by atoms with Crippen LogP contribution in [0.3, 0.4) is 0 Å². The van der Waals surface area contributed by atoms with Gasteiger partial charge in [-0.25, -0.2) is 0 Å². The standard InChI is InChI=1S/C12H18N2O2/c1-3-16-11-7-5-4-6-10(11)12(15)14-9(2)8-13/h4-7,9H,3,8,13H2,1-2H3,(H,14,15)/t9-/m0/s1. The van der Waals surface area contributed by atoms with Crippen LogP contribution in [0.2, 0.25) is 0 Å². The zero-order chi connectivity index (χ0) is 12.0. The van der Waals surface area contributed by atoms with Crippen molar-refractivity contribution in [1.29, 1.82) is 0 Å². The zero-order valence-corrected chi connectivity index (χ0v) is 9.69. The summed E-state index contributed by atoms with van der Waals surface area (Å²) in [4.78, 5) is 11.9. The topological polar surface area (TPSA) is 64.3 Å². The molecule has 4 heteroatoms. The van der Waals surface area contributed by atoms with Crippen molar-refractivity contribution in [2.75, 3.05) is 13.2 Å². The van der Waals surface area contributed by atoms with Gasteiger partial charge in [-0.15, -0.1) is 0 Å². The molecule has 0 spiro atoms. The molecule has 0 aliphatic heterocycles. The highest BCUT2D eigenvalue weighted by atomic mass is 16.5. The van der Waals surface area contributed by atoms with Gasteiger partial charge in [0.05, 0.1) is 12.2 Å². The van der Waals surface area contributed by atoms with Crippen molar-refractivity contribution in [3.8, 4) is 5.75 Å². The smallest absolute Gasteiger partial charge is 0.255 e. The minimum absolute atomic E-state index is 0.0396. The molecule has 1 aromatic rings. The molecule has 0 fully saturated rings. The SMILES string of the molecule is CCOc1ccccc1C(=O)N[C@@H](C)CN. The molecule has 1 amide bonds. The second kappa shape index (κ2) is 6.12. The average molecular weight is 222 g/mol. The maximum Gasteiger partial charge on any atom is 0.255 e. The maximum absolute atomic E-state index is 11.9. The first-order valence-corrected chi connectivity index (χ1v) is 5.41. The molecule has 4 nitrogen and oxygen atoms in total. The van der Waals surface area contributed by atoms with Gasteiger partial charge in [0.25, 0.3) is 5.91 Å². The van der Waals surface area contributed by atoms with Crippen molar-refractivity contribution in [3.05, 3.63) is 29.8 Å². The molecule has 0 unspecified atom stereocenters. The Labute approximate surface area is 95.8 Å². The van der Waals surface area contributed by atoms with E-state index in [-0.39, 0.29) is 11.9 Å². The minimum atomic E-state index is -0.151. The largest absolute Gasteiger partial charge is 0.493 e. The van der Waals surface area contributed by atoms with Crippen molar-refractivity contribution in [2.45, 2.75) is 19.9 Å². The Bertz CT molecular complexity index is 353. The van der Waals surface area contributed by atoms with Gasteiger partial charge in [0.15, 0.2) is 0 Å². The quantitative estimate of drug-likeness (QED) is 0.785. The Balaban J connectivity index is 2.81. The second-order valence-electron chi connectivity index (χ2n) is 3.54. The first kappa shape index (κ1) is 12.5. The molecule has 1 aromatic carbocycles. The van der Waals surface area contributed by atoms with Crippen molar-refractivity contribution in [1.82, 2.24) is 5.32 Å². The molecule has 0 aliphatic carbocycles. The van der Waals surface area contributed by atoms with Crippen LogP contribution in [0.25, 0.3) is 0 Å². The van der Waals surface area contributed by atoms with Crippen LogP contribution >= 0.6 is 0 Å². The Morgan fingerprint density at radius 3 is 2.81 bits per heavy atom. The van der Waals surface area contributed by atoms with Crippen LogP contribution < -0.4 is 15.8 Å². The third kappa shape index (κ3) is 3.24. The molecule has 0 radical (unpaired) electrons. The van der Waals surface area contributed by atoms with E-state index in [1.807, 2.05) is 26.0 Å². The fourth-order valence-corrected chi connectivity index (χ4v) is 1.30. The number of carbonyl (C=O) groups excluding carboxylic acids is 1. The van der Waals surface area contributed by atoms with Crippen molar-refractivity contribution >= 4 is 5.91 Å². The van der Waals surface area contributed by atoms with E-state index in [4.69, 9.17) is 10.5 Å². The summed E-state index contributed by atoms with van der Waals surface area (Å²) in [7, 11) is 0. The van der Waals surface area contributed by atoms with E-state index in [1.54, 1.807) is 12.1 Å². The number of para-hydroxylation sites is 1. The average Bonchev–Trinajstić information content (AvgIpc) is 2.30. The Morgan fingerprint density at radius 1 is 1.50 bits per heavy atom. The number of ether oxygens (including phenoxy) is 1. The summed E-state index contributed by atoms with van der Waals surface area (Å²) in [5, 5.41) is 2.80. The van der Waals surface area contributed by atoms with E-state index >= 15 is 0 Å². The molecule has 16 heavy (non-hydrogen) atoms. The van der Waals surface area contributed by atoms with Crippen LogP contribution in [-0.2, 0) is 0 Å². The second-order valence-corrected chi connectivity index (χ2v) is 3.54. The van der Waals surface area contributed by atoms with Crippen LogP contribution in [0, 0.1) is 0 Å². The molecule has 1 atom stereocenters. The van der Waals surface area contributed by atoms with Crippen LogP contribution in [0.1, 0.15) is 24.2 Å². The fraction of sp³-hybridized carbons (Fsp3) is 0.417. The van der Waals surface area contributed by atoms with Crippen LogP contribution in [-0.4, -0.2) is 25.1 Å². The number of amides is 1. The number of hydrogen-bond acceptors (Lipinski definition) is 3. The molecule has 0 heterocycles. The molecule has 0 saturated heterocycles. The van der Waals surface area contributed by atoms with E-state index in [2.05, 4.69) is 5.32 Å². The molecule has 0 bridgehead atoms. The van der Waals surface area contributed by atoms with Gasteiger partial charge in [-0.2, -0.15) is 0 Å². The van der Waals surface area contributed by atoms with Crippen molar-refractivity contribution < 1.29 is 9.53 Å². The van der Waals surface area contributed by atoms with Gasteiger partial charge in [0.2, 0.25) is 0 Å². The fourth-order valence-electron chi connectivity index (χ4n) is 1.30. The Kier molecular flexibility index (Phi) is 4.79. The Morgan fingerprint density at radius 2 is 2.19 bits per heavy atom. The van der Waals surface area contributed by atoms with Gasteiger partial charge >= 0.3 is 0 Å². The summed E-state index contributed by atoms with van der Waals surface area (Å²) < 4.78 is 5.38. The lowest BCUT2D eigenvalue weighted by Gasteiger charge is -2.13. The summed E-state index contributed by atoms with van der Waals surface area (Å²) in [5.74, 6) is 0.453. The van der Waals surface area contributed by atoms with Gasteiger partial charge in [0.1, 0.15) is 5.75 Å². The van der Waals surface area contributed by atoms with Gasteiger partial charge in [-0.3, -0.25) is 4.79 Å². The van der Waals surface area contributed by atoms with E-state index in [0.717, 1.165) is 0 Å². The third-order valence-corrected chi connectivity index (χ3v) is 2.16. The lowest BCUT2D eigenvalue weighted by molar-refractivity contribution is 0.0937. The van der Waals surface area contributed by atoms with Gasteiger partial charge in [-0.1, -0.05) is 12.1 Å². The normalized spacial score (nSPS) is 11.9. The lowest BCUT2D eigenvalue weighted by atomic mass is 10.1. The lowest BCUT2D eigenvalue weighted by Crippen LogP contribution is -2.37. The van der Waals surface area contributed by atoms with Crippen molar-refractivity contribution in [3.63, 3.8) is 0 Å². The summed E-state index contributed by atoms with van der Waals surface area (Å²) in [6, 6.07) is 7.13. The van der Waals surface area contributed by atoms with Crippen molar-refractivity contribution in [2.24, 2.45) is 5.73 Å². The first-order valence-electron chi connectivity index (χ1n) is 5.41. The Hall–Kier alpha value is -1.55. The van der Waals surface area contributed by atoms with Gasteiger partial charge < -0.3 is 15.8 Å². The summed E-state index contributed by atoms with van der Waals surface area (Å²) in [6.45, 7) is 4.71. The van der Waals surface area contributed by atoms with Crippen LogP contribution in [0.5, 0.6) is 5.75 Å². The molecule has 3 N–H and O–H groups in total. The van der Waals surface area contributed by atoms with Crippen LogP contribution in [0.15, 0.2) is 24.3 Å².